The fraction of sp³-hybridized carbons (Fsp3) is 0.375. The number of ether oxygens (including phenoxy) is 2. The number of carbonyl (C=O) groups excluding carboxylic acids is 3. The summed E-state index contributed by atoms with van der Waals surface area (Å²) < 4.78 is 25.1. The lowest BCUT2D eigenvalue weighted by Crippen LogP contribution is -2.47. The van der Waals surface area contributed by atoms with Gasteiger partial charge in [0.05, 0.1) is 25.9 Å². The summed E-state index contributed by atoms with van der Waals surface area (Å²) in [4.78, 5) is 38.4. The third kappa shape index (κ3) is 7.08. The molecule has 1 unspecified atom stereocenters. The normalized spacial score (nSPS) is 17.9. The molecule has 2 amide bonds. The number of hydrogen-bond acceptors (Lipinski definition) is 5. The summed E-state index contributed by atoms with van der Waals surface area (Å²) in [5.41, 5.74) is 1.12. The number of amides is 2. The molecule has 1 aliphatic heterocycles. The zero-order valence-corrected chi connectivity index (χ0v) is 18.8. The van der Waals surface area contributed by atoms with Crippen molar-refractivity contribution in [1.29, 1.82) is 0 Å². The molecule has 2 aromatic rings. The Kier molecular flexibility index (Phi) is 9.35. The van der Waals surface area contributed by atoms with Crippen molar-refractivity contribution < 1.29 is 28.2 Å². The monoisotopic (exact) mass is 476 g/mol. The predicted octanol–water partition coefficient (Wildman–Crippen LogP) is 3.18. The van der Waals surface area contributed by atoms with Crippen molar-refractivity contribution in [2.75, 3.05) is 19.8 Å². The SMILES string of the molecule is O=C(NCc1c(F)cccc1Cl)C(=O)C1CCCCOCCOCc2ccccc2C(=O)N1. The van der Waals surface area contributed by atoms with Crippen molar-refractivity contribution in [2.24, 2.45) is 0 Å². The van der Waals surface area contributed by atoms with Crippen LogP contribution in [-0.2, 0) is 32.2 Å². The van der Waals surface area contributed by atoms with E-state index in [9.17, 15) is 18.8 Å². The van der Waals surface area contributed by atoms with E-state index in [1.165, 1.54) is 18.2 Å². The van der Waals surface area contributed by atoms with E-state index in [1.54, 1.807) is 24.3 Å². The quantitative estimate of drug-likeness (QED) is 0.661. The number of ketones is 1. The highest BCUT2D eigenvalue weighted by Gasteiger charge is 2.28. The molecule has 7 nitrogen and oxygen atoms in total. The van der Waals surface area contributed by atoms with Crippen molar-refractivity contribution >= 4 is 29.2 Å². The third-order valence-electron chi connectivity index (χ3n) is 5.26. The van der Waals surface area contributed by atoms with Crippen LogP contribution in [0.4, 0.5) is 4.39 Å². The van der Waals surface area contributed by atoms with Gasteiger partial charge < -0.3 is 20.1 Å². The molecule has 1 atom stereocenters. The van der Waals surface area contributed by atoms with Gasteiger partial charge in [-0.15, -0.1) is 0 Å². The topological polar surface area (TPSA) is 93.7 Å². The van der Waals surface area contributed by atoms with Gasteiger partial charge in [0.15, 0.2) is 0 Å². The van der Waals surface area contributed by atoms with Gasteiger partial charge in [-0.3, -0.25) is 14.4 Å². The van der Waals surface area contributed by atoms with Crippen LogP contribution in [0.2, 0.25) is 5.02 Å². The second kappa shape index (κ2) is 12.4. The van der Waals surface area contributed by atoms with E-state index < -0.39 is 29.5 Å². The first kappa shape index (κ1) is 24.8. The zero-order valence-electron chi connectivity index (χ0n) is 18.1. The van der Waals surface area contributed by atoms with Crippen molar-refractivity contribution in [1.82, 2.24) is 10.6 Å². The lowest BCUT2D eigenvalue weighted by molar-refractivity contribution is -0.139. The Labute approximate surface area is 196 Å². The molecule has 0 radical (unpaired) electrons. The van der Waals surface area contributed by atoms with Gasteiger partial charge in [0.1, 0.15) is 5.82 Å². The van der Waals surface area contributed by atoms with Crippen molar-refractivity contribution in [3.63, 3.8) is 0 Å². The zero-order chi connectivity index (χ0) is 23.6. The Hall–Kier alpha value is -2.81. The smallest absolute Gasteiger partial charge is 0.289 e. The Balaban J connectivity index is 1.72. The van der Waals surface area contributed by atoms with Crippen molar-refractivity contribution in [3.05, 3.63) is 70.0 Å². The van der Waals surface area contributed by atoms with E-state index in [-0.39, 0.29) is 30.2 Å². The highest BCUT2D eigenvalue weighted by molar-refractivity contribution is 6.38. The number of nitrogens with one attached hydrogen (secondary N) is 2. The van der Waals surface area contributed by atoms with Gasteiger partial charge in [-0.05, 0) is 43.0 Å². The Morgan fingerprint density at radius 1 is 1.06 bits per heavy atom. The van der Waals surface area contributed by atoms with E-state index >= 15 is 0 Å². The van der Waals surface area contributed by atoms with Gasteiger partial charge in [0.25, 0.3) is 11.8 Å². The lowest BCUT2D eigenvalue weighted by atomic mass is 10.0. The largest absolute Gasteiger partial charge is 0.379 e. The fourth-order valence-electron chi connectivity index (χ4n) is 3.44. The van der Waals surface area contributed by atoms with Crippen LogP contribution >= 0.6 is 11.6 Å². The molecule has 0 saturated heterocycles. The number of rotatable bonds is 4. The summed E-state index contributed by atoms with van der Waals surface area (Å²) in [6.45, 7) is 1.29. The molecule has 1 aliphatic rings. The maximum Gasteiger partial charge on any atom is 0.289 e. The number of Topliss-reactive ketones (excluding diaryl/α,β-unsaturated/α-hetero) is 1. The average Bonchev–Trinajstić information content (AvgIpc) is 2.81. The molecule has 3 rings (SSSR count). The van der Waals surface area contributed by atoms with Crippen LogP contribution in [-0.4, -0.2) is 43.5 Å². The molecule has 9 heteroatoms. The molecular weight excluding hydrogens is 451 g/mol. The van der Waals surface area contributed by atoms with Gasteiger partial charge in [0.2, 0.25) is 5.78 Å². The minimum absolute atomic E-state index is 0.0847. The number of hydrogen-bond donors (Lipinski definition) is 2. The van der Waals surface area contributed by atoms with Gasteiger partial charge in [-0.25, -0.2) is 4.39 Å². The van der Waals surface area contributed by atoms with E-state index in [2.05, 4.69) is 10.6 Å². The molecule has 0 aromatic heterocycles. The van der Waals surface area contributed by atoms with Crippen LogP contribution in [0.5, 0.6) is 0 Å². The highest BCUT2D eigenvalue weighted by Crippen LogP contribution is 2.18. The first-order chi connectivity index (χ1) is 16.0. The van der Waals surface area contributed by atoms with Crippen LogP contribution in [0.25, 0.3) is 0 Å². The highest BCUT2D eigenvalue weighted by atomic mass is 35.5. The first-order valence-electron chi connectivity index (χ1n) is 10.8. The number of fused-ring (bicyclic) bond motifs is 1. The molecule has 0 fully saturated rings. The Bertz CT molecular complexity index is 980. The minimum atomic E-state index is -1.04. The van der Waals surface area contributed by atoms with E-state index in [0.717, 1.165) is 0 Å². The number of halogens is 2. The molecule has 0 spiro atoms. The van der Waals surface area contributed by atoms with Crippen LogP contribution in [0.1, 0.15) is 40.7 Å². The van der Waals surface area contributed by atoms with Crippen LogP contribution in [0.15, 0.2) is 42.5 Å². The Morgan fingerprint density at radius 3 is 2.67 bits per heavy atom. The minimum Gasteiger partial charge on any atom is -0.379 e. The van der Waals surface area contributed by atoms with Crippen molar-refractivity contribution in [2.45, 2.75) is 38.5 Å². The van der Waals surface area contributed by atoms with E-state index in [1.807, 2.05) is 0 Å². The summed E-state index contributed by atoms with van der Waals surface area (Å²) in [5.74, 6) is -2.78. The summed E-state index contributed by atoms with van der Waals surface area (Å²) in [5, 5.41) is 5.24. The Morgan fingerprint density at radius 2 is 1.85 bits per heavy atom. The number of benzene rings is 2. The molecular formula is C24H26ClFN2O5. The summed E-state index contributed by atoms with van der Waals surface area (Å²) in [6.07, 6.45) is 1.48. The molecule has 2 aromatic carbocycles. The molecule has 0 aliphatic carbocycles. The second-order valence-electron chi connectivity index (χ2n) is 7.59. The molecule has 176 valence electrons. The van der Waals surface area contributed by atoms with Crippen LogP contribution in [0.3, 0.4) is 0 Å². The molecule has 0 saturated carbocycles. The summed E-state index contributed by atoms with van der Waals surface area (Å²) >= 11 is 5.98. The first-order valence-corrected chi connectivity index (χ1v) is 11.1. The standard InChI is InChI=1S/C24H26ClFN2O5/c25-19-8-5-9-20(26)18(19)14-27-24(31)22(29)21-10-3-4-11-32-12-13-33-15-16-6-1-2-7-17(16)23(30)28-21/h1-2,5-9,21H,3-4,10-15H2,(H,27,31)(H,28,30). The molecule has 33 heavy (non-hydrogen) atoms. The molecule has 2 N–H and O–H groups in total. The average molecular weight is 477 g/mol. The third-order valence-corrected chi connectivity index (χ3v) is 5.61. The van der Waals surface area contributed by atoms with Crippen LogP contribution in [0, 0.1) is 5.82 Å². The van der Waals surface area contributed by atoms with Gasteiger partial charge in [-0.1, -0.05) is 35.9 Å². The summed E-state index contributed by atoms with van der Waals surface area (Å²) in [6, 6.07) is 10.0. The van der Waals surface area contributed by atoms with Crippen molar-refractivity contribution in [3.8, 4) is 0 Å². The van der Waals surface area contributed by atoms with Gasteiger partial charge in [0, 0.05) is 29.3 Å². The van der Waals surface area contributed by atoms with Gasteiger partial charge in [-0.2, -0.15) is 0 Å². The molecule has 0 bridgehead atoms. The fourth-order valence-corrected chi connectivity index (χ4v) is 3.67. The second-order valence-corrected chi connectivity index (χ2v) is 8.00. The van der Waals surface area contributed by atoms with Gasteiger partial charge >= 0.3 is 0 Å². The lowest BCUT2D eigenvalue weighted by Gasteiger charge is -2.19. The van der Waals surface area contributed by atoms with Crippen LogP contribution < -0.4 is 10.6 Å². The summed E-state index contributed by atoms with van der Waals surface area (Å²) in [7, 11) is 0. The molecule has 1 heterocycles. The van der Waals surface area contributed by atoms with E-state index in [4.69, 9.17) is 21.1 Å². The maximum absolute atomic E-state index is 14.0. The number of carbonyl (C=O) groups is 3. The van der Waals surface area contributed by atoms with E-state index in [0.29, 0.717) is 43.8 Å². The maximum atomic E-state index is 14.0. The predicted molar refractivity (Wildman–Crippen MR) is 120 cm³/mol.